The second-order valence-corrected chi connectivity index (χ2v) is 5.08. The predicted octanol–water partition coefficient (Wildman–Crippen LogP) is 1.15. The van der Waals surface area contributed by atoms with Crippen molar-refractivity contribution in [2.24, 2.45) is 11.7 Å². The van der Waals surface area contributed by atoms with Crippen LogP contribution in [0.1, 0.15) is 6.92 Å². The van der Waals surface area contributed by atoms with E-state index in [-0.39, 0.29) is 12.1 Å². The van der Waals surface area contributed by atoms with Crippen LogP contribution in [0.3, 0.4) is 0 Å². The smallest absolute Gasteiger partial charge is 0.321 e. The number of likely N-dealkylation sites (tertiary alicyclic amines) is 1. The quantitative estimate of drug-likeness (QED) is 0.806. The lowest BCUT2D eigenvalue weighted by atomic mass is 10.1. The summed E-state index contributed by atoms with van der Waals surface area (Å²) < 4.78 is 1.89. The van der Waals surface area contributed by atoms with E-state index in [1.165, 1.54) is 0 Å². The number of aromatic nitrogens is 2. The molecule has 19 heavy (non-hydrogen) atoms. The van der Waals surface area contributed by atoms with Gasteiger partial charge >= 0.3 is 6.03 Å². The number of hydrogen-bond acceptors (Lipinski definition) is 3. The molecule has 1 aliphatic rings. The maximum absolute atomic E-state index is 12.1. The van der Waals surface area contributed by atoms with E-state index in [2.05, 4.69) is 17.2 Å². The van der Waals surface area contributed by atoms with E-state index in [0.717, 1.165) is 11.3 Å². The fourth-order valence-corrected chi connectivity index (χ4v) is 2.35. The molecule has 1 aliphatic heterocycles. The number of hydrogen-bond donors (Lipinski definition) is 2. The van der Waals surface area contributed by atoms with Gasteiger partial charge in [0, 0.05) is 49.5 Å². The first-order valence-corrected chi connectivity index (χ1v) is 6.38. The number of fused-ring (bicyclic) bond motifs is 1. The van der Waals surface area contributed by atoms with Crippen LogP contribution in [0, 0.1) is 5.92 Å². The maximum Gasteiger partial charge on any atom is 0.321 e. The molecule has 0 bridgehead atoms. The highest BCUT2D eigenvalue weighted by Crippen LogP contribution is 2.17. The summed E-state index contributed by atoms with van der Waals surface area (Å²) in [6, 6.07) is 3.67. The summed E-state index contributed by atoms with van der Waals surface area (Å²) in [5.74, 6) is 0.348. The third-order valence-corrected chi connectivity index (χ3v) is 3.61. The van der Waals surface area contributed by atoms with Gasteiger partial charge in [0.25, 0.3) is 0 Å². The Morgan fingerprint density at radius 1 is 1.47 bits per heavy atom. The standard InChI is InChI=1S/C13H17N5O/c1-9-7-18(8-11(9)14)13(19)16-10-2-4-17-5-3-15-12(17)6-10/h2-6,9,11H,7-8,14H2,1H3,(H,16,19). The fourth-order valence-electron chi connectivity index (χ4n) is 2.35. The minimum absolute atomic E-state index is 0.0699. The minimum atomic E-state index is -0.101. The van der Waals surface area contributed by atoms with Crippen LogP contribution in [0.25, 0.3) is 5.65 Å². The molecule has 6 nitrogen and oxygen atoms in total. The fraction of sp³-hybridized carbons (Fsp3) is 0.385. The number of anilines is 1. The average molecular weight is 259 g/mol. The second kappa shape index (κ2) is 4.55. The van der Waals surface area contributed by atoms with Crippen LogP contribution in [-0.4, -0.2) is 39.4 Å². The van der Waals surface area contributed by atoms with Crippen molar-refractivity contribution < 1.29 is 4.79 Å². The number of amides is 2. The third kappa shape index (κ3) is 2.26. The molecular weight excluding hydrogens is 242 g/mol. The van der Waals surface area contributed by atoms with Crippen molar-refractivity contribution in [3.63, 3.8) is 0 Å². The molecule has 1 fully saturated rings. The molecule has 6 heteroatoms. The average Bonchev–Trinajstić information content (AvgIpc) is 2.96. The van der Waals surface area contributed by atoms with Crippen LogP contribution in [0.5, 0.6) is 0 Å². The van der Waals surface area contributed by atoms with E-state index in [9.17, 15) is 4.79 Å². The number of nitrogens with two attached hydrogens (primary N) is 1. The molecule has 2 unspecified atom stereocenters. The summed E-state index contributed by atoms with van der Waals surface area (Å²) >= 11 is 0. The van der Waals surface area contributed by atoms with Crippen molar-refractivity contribution in [2.45, 2.75) is 13.0 Å². The lowest BCUT2D eigenvalue weighted by molar-refractivity contribution is 0.221. The van der Waals surface area contributed by atoms with E-state index in [1.807, 2.05) is 28.9 Å². The number of urea groups is 1. The molecule has 0 aromatic carbocycles. The zero-order chi connectivity index (χ0) is 13.4. The molecule has 2 aromatic heterocycles. The van der Waals surface area contributed by atoms with Crippen LogP contribution >= 0.6 is 0 Å². The van der Waals surface area contributed by atoms with E-state index in [1.54, 1.807) is 11.1 Å². The Bertz CT molecular complexity index is 598. The number of carbonyl (C=O) groups excluding carboxylic acids is 1. The Morgan fingerprint density at radius 2 is 2.32 bits per heavy atom. The van der Waals surface area contributed by atoms with Gasteiger partial charge in [0.1, 0.15) is 5.65 Å². The van der Waals surface area contributed by atoms with Gasteiger partial charge in [-0.05, 0) is 12.0 Å². The molecule has 3 rings (SSSR count). The Hall–Kier alpha value is -2.08. The Kier molecular flexibility index (Phi) is 2.87. The van der Waals surface area contributed by atoms with Crippen molar-refractivity contribution in [2.75, 3.05) is 18.4 Å². The summed E-state index contributed by atoms with van der Waals surface area (Å²) in [5.41, 5.74) is 7.48. The molecule has 1 saturated heterocycles. The Balaban J connectivity index is 1.72. The summed E-state index contributed by atoms with van der Waals surface area (Å²) in [4.78, 5) is 18.1. The molecule has 0 aliphatic carbocycles. The lowest BCUT2D eigenvalue weighted by Crippen LogP contribution is -2.35. The molecule has 100 valence electrons. The molecule has 3 heterocycles. The highest BCUT2D eigenvalue weighted by Gasteiger charge is 2.29. The summed E-state index contributed by atoms with van der Waals surface area (Å²) in [6.45, 7) is 3.38. The van der Waals surface area contributed by atoms with Gasteiger partial charge in [-0.25, -0.2) is 9.78 Å². The number of rotatable bonds is 1. The molecule has 2 amide bonds. The SMILES string of the molecule is CC1CN(C(=O)Nc2ccn3ccnc3c2)CC1N. The molecular formula is C13H17N5O. The van der Waals surface area contributed by atoms with Gasteiger partial charge in [0.15, 0.2) is 0 Å². The lowest BCUT2D eigenvalue weighted by Gasteiger charge is -2.16. The van der Waals surface area contributed by atoms with Crippen molar-refractivity contribution in [1.82, 2.24) is 14.3 Å². The summed E-state index contributed by atoms with van der Waals surface area (Å²) in [6.07, 6.45) is 5.46. The largest absolute Gasteiger partial charge is 0.326 e. The first-order chi connectivity index (χ1) is 9.13. The van der Waals surface area contributed by atoms with Crippen LogP contribution in [-0.2, 0) is 0 Å². The molecule has 3 N–H and O–H groups in total. The molecule has 0 radical (unpaired) electrons. The first-order valence-electron chi connectivity index (χ1n) is 6.38. The third-order valence-electron chi connectivity index (χ3n) is 3.61. The van der Waals surface area contributed by atoms with Gasteiger partial charge in [0.05, 0.1) is 0 Å². The summed E-state index contributed by atoms with van der Waals surface area (Å²) in [5, 5.41) is 2.88. The zero-order valence-electron chi connectivity index (χ0n) is 10.8. The normalized spacial score (nSPS) is 22.9. The van der Waals surface area contributed by atoms with E-state index < -0.39 is 0 Å². The topological polar surface area (TPSA) is 75.7 Å². The van der Waals surface area contributed by atoms with Crippen molar-refractivity contribution >= 4 is 17.4 Å². The summed E-state index contributed by atoms with van der Waals surface area (Å²) in [7, 11) is 0. The van der Waals surface area contributed by atoms with Crippen LogP contribution < -0.4 is 11.1 Å². The molecule has 2 aromatic rings. The first kappa shape index (κ1) is 12.0. The molecule has 0 spiro atoms. The highest BCUT2D eigenvalue weighted by atomic mass is 16.2. The Labute approximate surface area is 111 Å². The number of carbonyl (C=O) groups is 1. The van der Waals surface area contributed by atoms with Crippen LogP contribution in [0.4, 0.5) is 10.5 Å². The van der Waals surface area contributed by atoms with Gasteiger partial charge in [-0.2, -0.15) is 0 Å². The molecule has 0 saturated carbocycles. The maximum atomic E-state index is 12.1. The van der Waals surface area contributed by atoms with Crippen molar-refractivity contribution in [3.05, 3.63) is 30.7 Å². The van der Waals surface area contributed by atoms with E-state index in [0.29, 0.717) is 19.0 Å². The van der Waals surface area contributed by atoms with Crippen molar-refractivity contribution in [1.29, 1.82) is 0 Å². The second-order valence-electron chi connectivity index (χ2n) is 5.08. The van der Waals surface area contributed by atoms with Gasteiger partial charge in [-0.15, -0.1) is 0 Å². The monoisotopic (exact) mass is 259 g/mol. The van der Waals surface area contributed by atoms with Crippen LogP contribution in [0.2, 0.25) is 0 Å². The van der Waals surface area contributed by atoms with E-state index >= 15 is 0 Å². The van der Waals surface area contributed by atoms with Gasteiger partial charge in [-0.1, -0.05) is 6.92 Å². The number of nitrogens with one attached hydrogen (secondary N) is 1. The predicted molar refractivity (Wildman–Crippen MR) is 72.9 cm³/mol. The Morgan fingerprint density at radius 3 is 3.05 bits per heavy atom. The van der Waals surface area contributed by atoms with Crippen molar-refractivity contribution in [3.8, 4) is 0 Å². The van der Waals surface area contributed by atoms with Crippen LogP contribution in [0.15, 0.2) is 30.7 Å². The molecule has 2 atom stereocenters. The highest BCUT2D eigenvalue weighted by molar-refractivity contribution is 5.90. The zero-order valence-corrected chi connectivity index (χ0v) is 10.8. The van der Waals surface area contributed by atoms with E-state index in [4.69, 9.17) is 5.73 Å². The number of nitrogens with zero attached hydrogens (tertiary/aromatic N) is 3. The minimum Gasteiger partial charge on any atom is -0.326 e. The number of pyridine rings is 1. The van der Waals surface area contributed by atoms with Gasteiger partial charge in [-0.3, -0.25) is 0 Å². The van der Waals surface area contributed by atoms with Gasteiger partial charge in [0.2, 0.25) is 0 Å². The number of imidazole rings is 1. The van der Waals surface area contributed by atoms with Gasteiger partial charge < -0.3 is 20.4 Å².